The Morgan fingerprint density at radius 3 is 2.29 bits per heavy atom. The molecule has 0 aliphatic carbocycles. The molecule has 1 heterocycles. The van der Waals surface area contributed by atoms with Gasteiger partial charge < -0.3 is 14.6 Å². The highest BCUT2D eigenvalue weighted by atomic mass is 16.5. The Kier molecular flexibility index (Phi) is 7.20. The van der Waals surface area contributed by atoms with E-state index in [2.05, 4.69) is 42.2 Å². The van der Waals surface area contributed by atoms with Gasteiger partial charge in [0.05, 0.1) is 0 Å². The maximum Gasteiger partial charge on any atom is 0.143 e. The summed E-state index contributed by atoms with van der Waals surface area (Å²) in [4.78, 5) is 2.48. The van der Waals surface area contributed by atoms with Crippen LogP contribution >= 0.6 is 0 Å². The fraction of sp³-hybridized carbons (Fsp3) is 0.290. The molecule has 35 heavy (non-hydrogen) atoms. The van der Waals surface area contributed by atoms with E-state index < -0.39 is 0 Å². The van der Waals surface area contributed by atoms with Crippen LogP contribution in [0.1, 0.15) is 31.7 Å². The molecule has 0 unspecified atom stereocenters. The number of nitrogens with zero attached hydrogens (tertiary/aromatic N) is 1. The van der Waals surface area contributed by atoms with Crippen LogP contribution in [0.2, 0.25) is 0 Å². The molecule has 0 radical (unpaired) electrons. The number of phenolic OH excluding ortho intramolecular Hbond substituents is 1. The lowest BCUT2D eigenvalue weighted by atomic mass is 9.98. The van der Waals surface area contributed by atoms with E-state index in [0.717, 1.165) is 52.1 Å². The number of likely N-dealkylation sites (tertiary alicyclic amines) is 1. The van der Waals surface area contributed by atoms with Crippen molar-refractivity contribution in [2.24, 2.45) is 0 Å². The Bertz CT molecular complexity index is 1260. The minimum absolute atomic E-state index is 0.245. The average Bonchev–Trinajstić information content (AvgIpc) is 2.90. The van der Waals surface area contributed by atoms with Gasteiger partial charge in [0.2, 0.25) is 0 Å². The molecule has 0 atom stereocenters. The molecule has 0 aromatic heterocycles. The molecule has 1 N–H and O–H groups in total. The summed E-state index contributed by atoms with van der Waals surface area (Å²) in [6.07, 6.45) is 4.95. The second-order valence-corrected chi connectivity index (χ2v) is 9.22. The summed E-state index contributed by atoms with van der Waals surface area (Å²) in [7, 11) is 0. The zero-order chi connectivity index (χ0) is 24.0. The predicted molar refractivity (Wildman–Crippen MR) is 143 cm³/mol. The highest BCUT2D eigenvalue weighted by Crippen LogP contribution is 2.40. The van der Waals surface area contributed by atoms with E-state index >= 15 is 0 Å². The smallest absolute Gasteiger partial charge is 0.143 e. The standard InChI is InChI=1S/C31H33NO3/c1-2-23-6-8-24(9-7-23)29-16-10-25-22-26(33)11-17-30(25)31(29)35-28-14-12-27(13-15-28)34-21-20-32-18-4-3-5-19-32/h6-17,22,33H,2-5,18-21H2,1H3. The van der Waals surface area contributed by atoms with Crippen molar-refractivity contribution in [3.8, 4) is 34.1 Å². The first kappa shape index (κ1) is 23.3. The van der Waals surface area contributed by atoms with Crippen LogP contribution in [0.15, 0.2) is 78.9 Å². The van der Waals surface area contributed by atoms with E-state index in [1.54, 1.807) is 12.1 Å². The zero-order valence-electron chi connectivity index (χ0n) is 20.4. The number of aromatic hydroxyl groups is 1. The number of aryl methyl sites for hydroxylation is 1. The van der Waals surface area contributed by atoms with Crippen LogP contribution in [0.5, 0.6) is 23.0 Å². The fourth-order valence-corrected chi connectivity index (χ4v) is 4.74. The van der Waals surface area contributed by atoms with Gasteiger partial charge in [-0.25, -0.2) is 0 Å². The molecule has 4 heteroatoms. The summed E-state index contributed by atoms with van der Waals surface area (Å²) in [5.74, 6) is 2.63. The maximum absolute atomic E-state index is 9.98. The Morgan fingerprint density at radius 1 is 0.800 bits per heavy atom. The molecule has 0 amide bonds. The molecule has 0 bridgehead atoms. The van der Waals surface area contributed by atoms with Crippen LogP contribution in [0.3, 0.4) is 0 Å². The van der Waals surface area contributed by atoms with Crippen LogP contribution in [-0.4, -0.2) is 36.2 Å². The van der Waals surface area contributed by atoms with E-state index in [9.17, 15) is 5.11 Å². The van der Waals surface area contributed by atoms with Crippen LogP contribution in [0.25, 0.3) is 21.9 Å². The van der Waals surface area contributed by atoms with Crippen molar-refractivity contribution in [2.45, 2.75) is 32.6 Å². The van der Waals surface area contributed by atoms with E-state index in [4.69, 9.17) is 9.47 Å². The van der Waals surface area contributed by atoms with Crippen molar-refractivity contribution >= 4 is 10.8 Å². The average molecular weight is 468 g/mol. The number of ether oxygens (including phenoxy) is 2. The summed E-state index contributed by atoms with van der Waals surface area (Å²) in [5, 5.41) is 11.9. The predicted octanol–water partition coefficient (Wildman–Crippen LogP) is 7.43. The monoisotopic (exact) mass is 467 g/mol. The summed E-state index contributed by atoms with van der Waals surface area (Å²) in [6, 6.07) is 26.0. The molecule has 0 saturated carbocycles. The molecule has 5 rings (SSSR count). The molecule has 1 aliphatic heterocycles. The zero-order valence-corrected chi connectivity index (χ0v) is 20.4. The Morgan fingerprint density at radius 2 is 1.54 bits per heavy atom. The molecular formula is C31H33NO3. The molecule has 180 valence electrons. The molecule has 4 aromatic carbocycles. The highest BCUT2D eigenvalue weighted by Gasteiger charge is 2.14. The Balaban J connectivity index is 1.37. The fourth-order valence-electron chi connectivity index (χ4n) is 4.74. The van der Waals surface area contributed by atoms with E-state index in [-0.39, 0.29) is 5.75 Å². The van der Waals surface area contributed by atoms with Gasteiger partial charge in [-0.2, -0.15) is 0 Å². The number of piperidine rings is 1. The van der Waals surface area contributed by atoms with Gasteiger partial charge >= 0.3 is 0 Å². The minimum Gasteiger partial charge on any atom is -0.508 e. The number of hydrogen-bond acceptors (Lipinski definition) is 4. The molecule has 1 saturated heterocycles. The number of fused-ring (bicyclic) bond motifs is 1. The number of benzene rings is 4. The van der Waals surface area contributed by atoms with Gasteiger partial charge in [0.15, 0.2) is 0 Å². The minimum atomic E-state index is 0.245. The van der Waals surface area contributed by atoms with Crippen molar-refractivity contribution in [2.75, 3.05) is 26.2 Å². The topological polar surface area (TPSA) is 41.9 Å². The Hall–Kier alpha value is -3.50. The number of hydrogen-bond donors (Lipinski definition) is 1. The summed E-state index contributed by atoms with van der Waals surface area (Å²) in [6.45, 7) is 6.20. The first-order valence-electron chi connectivity index (χ1n) is 12.7. The van der Waals surface area contributed by atoms with Gasteiger partial charge in [-0.05, 0) is 97.4 Å². The van der Waals surface area contributed by atoms with E-state index in [1.807, 2.05) is 36.4 Å². The second-order valence-electron chi connectivity index (χ2n) is 9.22. The molecule has 4 nitrogen and oxygen atoms in total. The summed E-state index contributed by atoms with van der Waals surface area (Å²) < 4.78 is 12.5. The van der Waals surface area contributed by atoms with Crippen LogP contribution in [0, 0.1) is 0 Å². The number of phenols is 1. The van der Waals surface area contributed by atoms with Gasteiger partial charge in [0, 0.05) is 17.5 Å². The second kappa shape index (κ2) is 10.8. The maximum atomic E-state index is 9.98. The highest BCUT2D eigenvalue weighted by molar-refractivity contribution is 5.96. The van der Waals surface area contributed by atoms with Crippen molar-refractivity contribution < 1.29 is 14.6 Å². The third kappa shape index (κ3) is 5.60. The van der Waals surface area contributed by atoms with Gasteiger partial charge in [-0.3, -0.25) is 4.90 Å². The van der Waals surface area contributed by atoms with Crippen molar-refractivity contribution in [1.82, 2.24) is 4.90 Å². The van der Waals surface area contributed by atoms with Crippen LogP contribution in [0.4, 0.5) is 0 Å². The lowest BCUT2D eigenvalue weighted by Gasteiger charge is -2.26. The lowest BCUT2D eigenvalue weighted by Crippen LogP contribution is -2.33. The van der Waals surface area contributed by atoms with Gasteiger partial charge in [-0.15, -0.1) is 0 Å². The SMILES string of the molecule is CCc1ccc(-c2ccc3cc(O)ccc3c2Oc2ccc(OCCN3CCCCC3)cc2)cc1. The largest absolute Gasteiger partial charge is 0.508 e. The summed E-state index contributed by atoms with van der Waals surface area (Å²) in [5.41, 5.74) is 3.43. The van der Waals surface area contributed by atoms with E-state index in [0.29, 0.717) is 6.61 Å². The van der Waals surface area contributed by atoms with Gasteiger partial charge in [-0.1, -0.05) is 43.7 Å². The quantitative estimate of drug-likeness (QED) is 0.292. The third-order valence-corrected chi connectivity index (χ3v) is 6.80. The molecule has 4 aromatic rings. The Labute approximate surface area is 207 Å². The molecule has 1 fully saturated rings. The van der Waals surface area contributed by atoms with Crippen LogP contribution < -0.4 is 9.47 Å². The number of rotatable bonds is 8. The van der Waals surface area contributed by atoms with Gasteiger partial charge in [0.1, 0.15) is 29.6 Å². The molecule has 1 aliphatic rings. The van der Waals surface area contributed by atoms with Gasteiger partial charge in [0.25, 0.3) is 0 Å². The van der Waals surface area contributed by atoms with Crippen LogP contribution in [-0.2, 0) is 6.42 Å². The molecule has 0 spiro atoms. The van der Waals surface area contributed by atoms with Crippen molar-refractivity contribution in [3.63, 3.8) is 0 Å². The summed E-state index contributed by atoms with van der Waals surface area (Å²) >= 11 is 0. The first-order chi connectivity index (χ1) is 17.2. The normalized spacial score (nSPS) is 14.2. The lowest BCUT2D eigenvalue weighted by molar-refractivity contribution is 0.183. The molecular weight excluding hydrogens is 434 g/mol. The van der Waals surface area contributed by atoms with Crippen molar-refractivity contribution in [1.29, 1.82) is 0 Å². The third-order valence-electron chi connectivity index (χ3n) is 6.80. The first-order valence-corrected chi connectivity index (χ1v) is 12.7. The van der Waals surface area contributed by atoms with Crippen molar-refractivity contribution in [3.05, 3.63) is 84.4 Å². The van der Waals surface area contributed by atoms with E-state index in [1.165, 1.54) is 37.9 Å².